The van der Waals surface area contributed by atoms with Gasteiger partial charge in [0.15, 0.2) is 0 Å². The number of carbonyl (C=O) groups is 1. The zero-order valence-electron chi connectivity index (χ0n) is 14.5. The van der Waals surface area contributed by atoms with Crippen LogP contribution in [0.5, 0.6) is 0 Å². The molecule has 3 nitrogen and oxygen atoms in total. The van der Waals surface area contributed by atoms with Gasteiger partial charge in [-0.15, -0.1) is 0 Å². The molecule has 2 aromatic carbocycles. The third-order valence-corrected chi connectivity index (χ3v) is 4.15. The van der Waals surface area contributed by atoms with E-state index in [1.54, 1.807) is 6.08 Å². The van der Waals surface area contributed by atoms with Gasteiger partial charge in [-0.05, 0) is 41.7 Å². The first kappa shape index (κ1) is 17.9. The Morgan fingerprint density at radius 2 is 1.65 bits per heavy atom. The molecule has 3 heteroatoms. The highest BCUT2D eigenvalue weighted by molar-refractivity contribution is 5.88. The molecule has 0 amide bonds. The van der Waals surface area contributed by atoms with Crippen molar-refractivity contribution in [2.45, 2.75) is 18.9 Å². The lowest BCUT2D eigenvalue weighted by molar-refractivity contribution is -0.132. The predicted octanol–water partition coefficient (Wildman–Crippen LogP) is 4.97. The minimum Gasteiger partial charge on any atom is -0.478 e. The summed E-state index contributed by atoms with van der Waals surface area (Å²) in [6.07, 6.45) is 9.18. The van der Waals surface area contributed by atoms with Crippen LogP contribution in [0.1, 0.15) is 24.0 Å². The lowest BCUT2D eigenvalue weighted by atomic mass is 10.0. The van der Waals surface area contributed by atoms with Crippen LogP contribution in [-0.4, -0.2) is 23.8 Å². The van der Waals surface area contributed by atoms with Gasteiger partial charge in [0.25, 0.3) is 0 Å². The number of epoxide rings is 1. The Morgan fingerprint density at radius 3 is 2.23 bits per heavy atom. The predicted molar refractivity (Wildman–Crippen MR) is 105 cm³/mol. The average Bonchev–Trinajstić information content (AvgIpc) is 3.49. The maximum absolute atomic E-state index is 11.6. The van der Waals surface area contributed by atoms with Crippen LogP contribution >= 0.6 is 0 Å². The van der Waals surface area contributed by atoms with Crippen LogP contribution in [0.15, 0.2) is 84.0 Å². The lowest BCUT2D eigenvalue weighted by Crippen LogP contribution is -2.02. The van der Waals surface area contributed by atoms with Gasteiger partial charge in [-0.3, -0.25) is 0 Å². The van der Waals surface area contributed by atoms with Crippen LogP contribution in [0, 0.1) is 0 Å². The van der Waals surface area contributed by atoms with E-state index in [1.807, 2.05) is 78.9 Å². The smallest absolute Gasteiger partial charge is 0.331 e. The van der Waals surface area contributed by atoms with E-state index >= 15 is 0 Å². The van der Waals surface area contributed by atoms with Gasteiger partial charge in [0.2, 0.25) is 0 Å². The summed E-state index contributed by atoms with van der Waals surface area (Å²) in [5.74, 6) is -0.877. The van der Waals surface area contributed by atoms with Gasteiger partial charge < -0.3 is 9.84 Å². The van der Waals surface area contributed by atoms with Crippen LogP contribution in [0.4, 0.5) is 0 Å². The zero-order valence-corrected chi connectivity index (χ0v) is 14.5. The second kappa shape index (κ2) is 8.97. The van der Waals surface area contributed by atoms with E-state index in [-0.39, 0.29) is 6.10 Å². The van der Waals surface area contributed by atoms with Crippen molar-refractivity contribution in [2.24, 2.45) is 0 Å². The largest absolute Gasteiger partial charge is 0.478 e. The molecule has 1 heterocycles. The number of carboxylic acid groups (broad SMARTS) is 1. The van der Waals surface area contributed by atoms with E-state index in [4.69, 9.17) is 4.74 Å². The molecule has 1 fully saturated rings. The summed E-state index contributed by atoms with van der Waals surface area (Å²) >= 11 is 0. The molecule has 1 unspecified atom stereocenters. The second-order valence-corrected chi connectivity index (χ2v) is 6.27. The maximum Gasteiger partial charge on any atom is 0.331 e. The Labute approximate surface area is 153 Å². The molecular formula is C23H22O3. The zero-order chi connectivity index (χ0) is 18.2. The van der Waals surface area contributed by atoms with Crippen molar-refractivity contribution in [3.8, 4) is 0 Å². The number of allylic oxidation sites excluding steroid dienone is 3. The summed E-state index contributed by atoms with van der Waals surface area (Å²) in [5.41, 5.74) is 3.37. The van der Waals surface area contributed by atoms with E-state index in [0.717, 1.165) is 29.7 Å². The van der Waals surface area contributed by atoms with Gasteiger partial charge in [0.1, 0.15) is 0 Å². The van der Waals surface area contributed by atoms with Crippen LogP contribution in [0.3, 0.4) is 0 Å². The van der Waals surface area contributed by atoms with Crippen LogP contribution in [-0.2, 0) is 9.53 Å². The highest BCUT2D eigenvalue weighted by atomic mass is 16.6. The van der Waals surface area contributed by atoms with Gasteiger partial charge in [0, 0.05) is 5.57 Å². The molecule has 0 saturated carbocycles. The fourth-order valence-electron chi connectivity index (χ4n) is 2.63. The van der Waals surface area contributed by atoms with E-state index < -0.39 is 5.97 Å². The second-order valence-electron chi connectivity index (χ2n) is 6.27. The molecule has 0 spiro atoms. The van der Waals surface area contributed by atoms with Crippen molar-refractivity contribution in [1.29, 1.82) is 0 Å². The lowest BCUT2D eigenvalue weighted by Gasteiger charge is -2.03. The van der Waals surface area contributed by atoms with E-state index in [1.165, 1.54) is 0 Å². The molecule has 0 bridgehead atoms. The van der Waals surface area contributed by atoms with Crippen LogP contribution in [0.2, 0.25) is 0 Å². The first-order valence-corrected chi connectivity index (χ1v) is 8.76. The molecule has 0 aliphatic carbocycles. The third-order valence-electron chi connectivity index (χ3n) is 4.15. The van der Waals surface area contributed by atoms with E-state index in [2.05, 4.69) is 0 Å². The van der Waals surface area contributed by atoms with Gasteiger partial charge >= 0.3 is 5.97 Å². The number of rotatable bonds is 8. The molecule has 26 heavy (non-hydrogen) atoms. The molecule has 1 N–H and O–H groups in total. The molecular weight excluding hydrogens is 324 g/mol. The summed E-state index contributed by atoms with van der Waals surface area (Å²) < 4.78 is 5.20. The quantitative estimate of drug-likeness (QED) is 0.417. The van der Waals surface area contributed by atoms with Crippen molar-refractivity contribution in [3.05, 3.63) is 95.1 Å². The van der Waals surface area contributed by atoms with Crippen molar-refractivity contribution in [1.82, 2.24) is 0 Å². The SMILES string of the molecule is O=C(O)C(=CC(C=Cc1ccccc1)=Cc1ccccc1)CCC1CO1. The average molecular weight is 346 g/mol. The molecule has 0 aromatic heterocycles. The Hall–Kier alpha value is -2.91. The Morgan fingerprint density at radius 1 is 1.04 bits per heavy atom. The first-order chi connectivity index (χ1) is 12.7. The molecule has 1 aliphatic rings. The van der Waals surface area contributed by atoms with E-state index in [0.29, 0.717) is 12.0 Å². The summed E-state index contributed by atoms with van der Waals surface area (Å²) in [6, 6.07) is 19.9. The summed E-state index contributed by atoms with van der Waals surface area (Å²) in [6.45, 7) is 0.744. The summed E-state index contributed by atoms with van der Waals surface area (Å²) in [4.78, 5) is 11.6. The van der Waals surface area contributed by atoms with Crippen molar-refractivity contribution in [2.75, 3.05) is 6.61 Å². The summed E-state index contributed by atoms with van der Waals surface area (Å²) in [5, 5.41) is 9.55. The Kier molecular flexibility index (Phi) is 6.18. The number of hydrogen-bond acceptors (Lipinski definition) is 2. The van der Waals surface area contributed by atoms with Crippen LogP contribution in [0.25, 0.3) is 12.2 Å². The Bertz CT molecular complexity index is 813. The molecule has 0 radical (unpaired) electrons. The minimum atomic E-state index is -0.877. The molecule has 1 aliphatic heterocycles. The molecule has 132 valence electrons. The third kappa shape index (κ3) is 5.87. The van der Waals surface area contributed by atoms with E-state index in [9.17, 15) is 9.90 Å². The highest BCUT2D eigenvalue weighted by Crippen LogP contribution is 2.21. The molecule has 1 saturated heterocycles. The number of ether oxygens (including phenoxy) is 1. The standard InChI is InChI=1S/C23H22O3/c24-23(25)21(13-14-22-17-26-22)16-20(15-19-9-5-2-6-10-19)12-11-18-7-3-1-4-8-18/h1-12,15-16,22H,13-14,17H2,(H,24,25). The number of aliphatic carboxylic acids is 1. The monoisotopic (exact) mass is 346 g/mol. The van der Waals surface area contributed by atoms with Gasteiger partial charge in [-0.25, -0.2) is 4.79 Å². The normalized spacial score (nSPS) is 17.5. The molecule has 1 atom stereocenters. The van der Waals surface area contributed by atoms with Gasteiger partial charge in [-0.1, -0.05) is 72.8 Å². The summed E-state index contributed by atoms with van der Waals surface area (Å²) in [7, 11) is 0. The van der Waals surface area contributed by atoms with Crippen molar-refractivity contribution < 1.29 is 14.6 Å². The van der Waals surface area contributed by atoms with Gasteiger partial charge in [0.05, 0.1) is 12.7 Å². The Balaban J connectivity index is 1.87. The fraction of sp³-hybridized carbons (Fsp3) is 0.174. The fourth-order valence-corrected chi connectivity index (χ4v) is 2.63. The van der Waals surface area contributed by atoms with Crippen molar-refractivity contribution >= 4 is 18.1 Å². The number of carboxylic acids is 1. The number of hydrogen-bond donors (Lipinski definition) is 1. The van der Waals surface area contributed by atoms with Crippen LogP contribution < -0.4 is 0 Å². The van der Waals surface area contributed by atoms with Gasteiger partial charge in [-0.2, -0.15) is 0 Å². The topological polar surface area (TPSA) is 49.8 Å². The highest BCUT2D eigenvalue weighted by Gasteiger charge is 2.23. The molecule has 2 aromatic rings. The minimum absolute atomic E-state index is 0.221. The number of benzene rings is 2. The maximum atomic E-state index is 11.6. The first-order valence-electron chi connectivity index (χ1n) is 8.76. The molecule has 3 rings (SSSR count). The van der Waals surface area contributed by atoms with Crippen molar-refractivity contribution in [3.63, 3.8) is 0 Å².